The van der Waals surface area contributed by atoms with Crippen LogP contribution in [0.1, 0.15) is 11.1 Å². The summed E-state index contributed by atoms with van der Waals surface area (Å²) in [5.74, 6) is 0. The second kappa shape index (κ2) is 9.38. The zero-order chi connectivity index (χ0) is 20.6. The number of rotatable bonds is 6. The number of nitrogens with one attached hydrogen (secondary N) is 2. The van der Waals surface area contributed by atoms with E-state index in [0.29, 0.717) is 13.1 Å². The Labute approximate surface area is 174 Å². The van der Waals surface area contributed by atoms with Crippen LogP contribution in [0.25, 0.3) is 22.8 Å². The summed E-state index contributed by atoms with van der Waals surface area (Å²) in [4.78, 5) is 29.5. The topological polar surface area (TPSA) is 92.7 Å². The third-order valence-electron chi connectivity index (χ3n) is 4.41. The zero-order valence-electron chi connectivity index (χ0n) is 16.2. The van der Waals surface area contributed by atoms with E-state index in [2.05, 4.69) is 30.6 Å². The fraction of sp³-hybridized carbons (Fsp3) is 0.0870. The molecule has 0 aliphatic rings. The molecule has 0 atom stereocenters. The van der Waals surface area contributed by atoms with Gasteiger partial charge < -0.3 is 10.6 Å². The Balaban J connectivity index is 1.25. The van der Waals surface area contributed by atoms with E-state index in [-0.39, 0.29) is 6.03 Å². The van der Waals surface area contributed by atoms with Gasteiger partial charge in [-0.3, -0.25) is 19.9 Å². The van der Waals surface area contributed by atoms with Gasteiger partial charge in [-0.1, -0.05) is 24.3 Å². The van der Waals surface area contributed by atoms with Gasteiger partial charge in [-0.2, -0.15) is 0 Å². The van der Waals surface area contributed by atoms with Crippen LogP contribution in [-0.4, -0.2) is 26.0 Å². The Morgan fingerprint density at radius 1 is 0.600 bits per heavy atom. The van der Waals surface area contributed by atoms with Crippen LogP contribution >= 0.6 is 0 Å². The first kappa shape index (κ1) is 19.2. The molecule has 0 unspecified atom stereocenters. The van der Waals surface area contributed by atoms with E-state index in [9.17, 15) is 4.79 Å². The molecule has 0 aliphatic carbocycles. The van der Waals surface area contributed by atoms with Crippen molar-refractivity contribution in [2.24, 2.45) is 0 Å². The lowest BCUT2D eigenvalue weighted by molar-refractivity contribution is 0.240. The van der Waals surface area contributed by atoms with Crippen LogP contribution in [0.15, 0.2) is 85.5 Å². The van der Waals surface area contributed by atoms with Gasteiger partial charge in [-0.05, 0) is 47.5 Å². The first-order chi connectivity index (χ1) is 14.8. The molecule has 0 saturated carbocycles. The molecule has 0 bridgehead atoms. The lowest BCUT2D eigenvalue weighted by Crippen LogP contribution is -2.34. The maximum atomic E-state index is 12.1. The smallest absolute Gasteiger partial charge is 0.315 e. The number of hydrogen-bond acceptors (Lipinski definition) is 5. The second-order valence-electron chi connectivity index (χ2n) is 6.57. The maximum absolute atomic E-state index is 12.1. The minimum absolute atomic E-state index is 0.252. The van der Waals surface area contributed by atoms with Crippen molar-refractivity contribution in [1.82, 2.24) is 30.6 Å². The normalized spacial score (nSPS) is 10.4. The quantitative estimate of drug-likeness (QED) is 0.519. The number of hydrogen-bond donors (Lipinski definition) is 2. The van der Waals surface area contributed by atoms with Crippen molar-refractivity contribution >= 4 is 6.03 Å². The maximum Gasteiger partial charge on any atom is 0.315 e. The third-order valence-corrected chi connectivity index (χ3v) is 4.41. The summed E-state index contributed by atoms with van der Waals surface area (Å²) in [5, 5.41) is 5.66. The van der Waals surface area contributed by atoms with Crippen molar-refractivity contribution < 1.29 is 4.79 Å². The number of nitrogens with zero attached hydrogens (tertiary/aromatic N) is 4. The highest BCUT2D eigenvalue weighted by Gasteiger charge is 2.05. The summed E-state index contributed by atoms with van der Waals surface area (Å²) < 4.78 is 0. The third kappa shape index (κ3) is 5.02. The Hall–Kier alpha value is -4.13. The predicted molar refractivity (Wildman–Crippen MR) is 114 cm³/mol. The van der Waals surface area contributed by atoms with Crippen LogP contribution in [0.2, 0.25) is 0 Å². The molecule has 0 radical (unpaired) electrons. The number of urea groups is 1. The van der Waals surface area contributed by atoms with Crippen LogP contribution in [-0.2, 0) is 13.1 Å². The summed E-state index contributed by atoms with van der Waals surface area (Å²) in [6.07, 6.45) is 6.95. The molecule has 0 aromatic carbocycles. The average molecular weight is 396 g/mol. The SMILES string of the molecule is O=C(NCc1ccc(-c2ccccn2)nc1)NCc1ccc(-c2ccccn2)nc1. The van der Waals surface area contributed by atoms with Gasteiger partial charge in [-0.15, -0.1) is 0 Å². The van der Waals surface area contributed by atoms with Crippen LogP contribution in [0.4, 0.5) is 4.79 Å². The lowest BCUT2D eigenvalue weighted by Gasteiger charge is -2.08. The molecule has 148 valence electrons. The molecule has 4 rings (SSSR count). The Morgan fingerprint density at radius 2 is 1.07 bits per heavy atom. The van der Waals surface area contributed by atoms with Gasteiger partial charge in [0.25, 0.3) is 0 Å². The van der Waals surface area contributed by atoms with Gasteiger partial charge in [0.1, 0.15) is 0 Å². The Bertz CT molecular complexity index is 995. The first-order valence-electron chi connectivity index (χ1n) is 9.52. The van der Waals surface area contributed by atoms with Gasteiger partial charge in [0, 0.05) is 37.9 Å². The summed E-state index contributed by atoms with van der Waals surface area (Å²) in [6.45, 7) is 0.774. The molecule has 4 aromatic heterocycles. The lowest BCUT2D eigenvalue weighted by atomic mass is 10.2. The highest BCUT2D eigenvalue weighted by molar-refractivity contribution is 5.73. The Morgan fingerprint density at radius 3 is 1.43 bits per heavy atom. The van der Waals surface area contributed by atoms with E-state index in [4.69, 9.17) is 0 Å². The standard InChI is InChI=1S/C23H20N6O/c30-23(28-15-17-7-9-21(26-13-17)19-5-1-3-11-24-19)29-16-18-8-10-22(27-14-18)20-6-2-4-12-25-20/h1-14H,15-16H2,(H2,28,29,30). The molecule has 7 nitrogen and oxygen atoms in total. The fourth-order valence-corrected chi connectivity index (χ4v) is 2.82. The van der Waals surface area contributed by atoms with Crippen LogP contribution in [0, 0.1) is 0 Å². The number of carbonyl (C=O) groups excluding carboxylic acids is 1. The van der Waals surface area contributed by atoms with E-state index in [1.807, 2.05) is 60.7 Å². The van der Waals surface area contributed by atoms with E-state index in [1.54, 1.807) is 24.8 Å². The van der Waals surface area contributed by atoms with Crippen molar-refractivity contribution in [3.8, 4) is 22.8 Å². The molecule has 2 N–H and O–H groups in total. The molecule has 0 fully saturated rings. The minimum Gasteiger partial charge on any atom is -0.334 e. The van der Waals surface area contributed by atoms with Crippen molar-refractivity contribution in [1.29, 1.82) is 0 Å². The molecule has 0 spiro atoms. The van der Waals surface area contributed by atoms with Crippen LogP contribution in [0.3, 0.4) is 0 Å². The molecule has 4 aromatic rings. The van der Waals surface area contributed by atoms with Crippen LogP contribution < -0.4 is 10.6 Å². The number of pyridine rings is 4. The summed E-state index contributed by atoms with van der Waals surface area (Å²) in [6, 6.07) is 18.8. The van der Waals surface area contributed by atoms with Gasteiger partial charge in [-0.25, -0.2) is 4.79 Å². The first-order valence-corrected chi connectivity index (χ1v) is 9.52. The van der Waals surface area contributed by atoms with Gasteiger partial charge in [0.05, 0.1) is 22.8 Å². The van der Waals surface area contributed by atoms with Gasteiger partial charge >= 0.3 is 6.03 Å². The Kier molecular flexibility index (Phi) is 6.00. The van der Waals surface area contributed by atoms with E-state index >= 15 is 0 Å². The average Bonchev–Trinajstić information content (AvgIpc) is 2.83. The van der Waals surface area contributed by atoms with E-state index in [0.717, 1.165) is 33.9 Å². The van der Waals surface area contributed by atoms with Crippen molar-refractivity contribution in [3.63, 3.8) is 0 Å². The van der Waals surface area contributed by atoms with Crippen LogP contribution in [0.5, 0.6) is 0 Å². The van der Waals surface area contributed by atoms with Crippen molar-refractivity contribution in [2.45, 2.75) is 13.1 Å². The fourth-order valence-electron chi connectivity index (χ4n) is 2.82. The molecular formula is C23H20N6O. The van der Waals surface area contributed by atoms with E-state index < -0.39 is 0 Å². The summed E-state index contributed by atoms with van der Waals surface area (Å²) in [5.41, 5.74) is 5.04. The van der Waals surface area contributed by atoms with E-state index in [1.165, 1.54) is 0 Å². The largest absolute Gasteiger partial charge is 0.334 e. The summed E-state index contributed by atoms with van der Waals surface area (Å²) in [7, 11) is 0. The zero-order valence-corrected chi connectivity index (χ0v) is 16.2. The highest BCUT2D eigenvalue weighted by atomic mass is 16.2. The molecular weight excluding hydrogens is 376 g/mol. The number of carbonyl (C=O) groups is 1. The molecule has 30 heavy (non-hydrogen) atoms. The van der Waals surface area contributed by atoms with Crippen molar-refractivity contribution in [3.05, 3.63) is 96.6 Å². The monoisotopic (exact) mass is 396 g/mol. The van der Waals surface area contributed by atoms with Gasteiger partial charge in [0.15, 0.2) is 0 Å². The predicted octanol–water partition coefficient (Wildman–Crippen LogP) is 3.60. The minimum atomic E-state index is -0.252. The van der Waals surface area contributed by atoms with Gasteiger partial charge in [0.2, 0.25) is 0 Å². The van der Waals surface area contributed by atoms with Crippen molar-refractivity contribution in [2.75, 3.05) is 0 Å². The molecule has 0 aliphatic heterocycles. The molecule has 2 amide bonds. The highest BCUT2D eigenvalue weighted by Crippen LogP contribution is 2.14. The molecule has 4 heterocycles. The molecule has 0 saturated heterocycles. The second-order valence-corrected chi connectivity index (χ2v) is 6.57. The number of aromatic nitrogens is 4. The summed E-state index contributed by atoms with van der Waals surface area (Å²) >= 11 is 0. The number of amides is 2. The molecule has 7 heteroatoms.